The molecule has 1 saturated carbocycles. The van der Waals surface area contributed by atoms with Crippen molar-refractivity contribution in [2.24, 2.45) is 11.8 Å². The summed E-state index contributed by atoms with van der Waals surface area (Å²) >= 11 is 5.49. The van der Waals surface area contributed by atoms with Crippen molar-refractivity contribution in [2.75, 3.05) is 0 Å². The second kappa shape index (κ2) is 12.3. The summed E-state index contributed by atoms with van der Waals surface area (Å²) in [4.78, 5) is 0. The zero-order chi connectivity index (χ0) is 25.7. The molecule has 3 aromatic rings. The fraction of sp³-hybridized carbons (Fsp3) is 0.419. The van der Waals surface area contributed by atoms with E-state index in [0.717, 1.165) is 50.2 Å². The third kappa shape index (κ3) is 6.70. The molecule has 0 bridgehead atoms. The molecule has 0 aliphatic heterocycles. The van der Waals surface area contributed by atoms with Gasteiger partial charge in [-0.05, 0) is 90.5 Å². The monoisotopic (exact) mass is 516 g/mol. The van der Waals surface area contributed by atoms with E-state index in [2.05, 4.69) is 31.2 Å². The molecule has 0 nitrogen and oxygen atoms in total. The molecule has 5 heteroatoms. The van der Waals surface area contributed by atoms with Crippen LogP contribution in [0.4, 0.5) is 17.6 Å². The van der Waals surface area contributed by atoms with Gasteiger partial charge in [0, 0.05) is 0 Å². The SMILES string of the molecule is CCCc1ccc(CC[C@H]2CC[C@H](CCc3cc(F)c(-c4cc(F)c(Cl)c(F)c4)c(F)c3)CC2)cc1. The Hall–Kier alpha value is -2.33. The lowest BCUT2D eigenvalue weighted by atomic mass is 9.77. The van der Waals surface area contributed by atoms with Crippen LogP contribution in [0.5, 0.6) is 0 Å². The molecule has 1 aliphatic carbocycles. The highest BCUT2D eigenvalue weighted by molar-refractivity contribution is 6.31. The van der Waals surface area contributed by atoms with E-state index in [1.165, 1.54) is 48.9 Å². The van der Waals surface area contributed by atoms with Crippen molar-refractivity contribution in [2.45, 2.75) is 71.1 Å². The normalized spacial score (nSPS) is 17.9. The topological polar surface area (TPSA) is 0 Å². The van der Waals surface area contributed by atoms with Crippen molar-refractivity contribution >= 4 is 11.6 Å². The number of hydrogen-bond donors (Lipinski definition) is 0. The Balaban J connectivity index is 1.27. The lowest BCUT2D eigenvalue weighted by molar-refractivity contribution is 0.253. The van der Waals surface area contributed by atoms with Crippen molar-refractivity contribution in [3.8, 4) is 11.1 Å². The van der Waals surface area contributed by atoms with Crippen LogP contribution >= 0.6 is 11.6 Å². The van der Waals surface area contributed by atoms with Gasteiger partial charge < -0.3 is 0 Å². The predicted molar refractivity (Wildman–Crippen MR) is 139 cm³/mol. The van der Waals surface area contributed by atoms with Gasteiger partial charge in [0.2, 0.25) is 0 Å². The highest BCUT2D eigenvalue weighted by Gasteiger charge is 2.22. The molecule has 36 heavy (non-hydrogen) atoms. The van der Waals surface area contributed by atoms with E-state index in [9.17, 15) is 17.6 Å². The lowest BCUT2D eigenvalue weighted by Crippen LogP contribution is -2.16. The Kier molecular flexibility index (Phi) is 9.11. The van der Waals surface area contributed by atoms with Crippen molar-refractivity contribution in [3.63, 3.8) is 0 Å². The van der Waals surface area contributed by atoms with Crippen molar-refractivity contribution in [1.82, 2.24) is 0 Å². The summed E-state index contributed by atoms with van der Waals surface area (Å²) in [6.07, 6.45) is 10.8. The summed E-state index contributed by atoms with van der Waals surface area (Å²) in [5.41, 5.74) is 2.75. The average molecular weight is 517 g/mol. The first-order chi connectivity index (χ1) is 17.3. The number of hydrogen-bond acceptors (Lipinski definition) is 0. The van der Waals surface area contributed by atoms with Gasteiger partial charge >= 0.3 is 0 Å². The third-order valence-corrected chi connectivity index (χ3v) is 7.95. The smallest absolute Gasteiger partial charge is 0.145 e. The van der Waals surface area contributed by atoms with Gasteiger partial charge in [0.05, 0.1) is 5.56 Å². The van der Waals surface area contributed by atoms with Gasteiger partial charge in [-0.3, -0.25) is 0 Å². The van der Waals surface area contributed by atoms with E-state index in [0.29, 0.717) is 17.9 Å². The third-order valence-electron chi connectivity index (χ3n) is 7.58. The summed E-state index contributed by atoms with van der Waals surface area (Å²) in [5, 5.41) is -0.688. The van der Waals surface area contributed by atoms with Gasteiger partial charge in [0.15, 0.2) is 0 Å². The molecule has 1 aliphatic rings. The molecule has 0 N–H and O–H groups in total. The van der Waals surface area contributed by atoms with E-state index >= 15 is 0 Å². The molecule has 0 unspecified atom stereocenters. The molecule has 0 radical (unpaired) electrons. The van der Waals surface area contributed by atoms with Crippen LogP contribution in [0.25, 0.3) is 11.1 Å². The van der Waals surface area contributed by atoms with Gasteiger partial charge in [-0.1, -0.05) is 74.9 Å². The molecular formula is C31H33ClF4. The van der Waals surface area contributed by atoms with Gasteiger partial charge in [-0.15, -0.1) is 0 Å². The Labute approximate surface area is 216 Å². The van der Waals surface area contributed by atoms with E-state index in [4.69, 9.17) is 11.6 Å². The molecular weight excluding hydrogens is 484 g/mol. The van der Waals surface area contributed by atoms with Crippen LogP contribution in [0, 0.1) is 35.1 Å². The van der Waals surface area contributed by atoms with E-state index in [1.807, 2.05) is 0 Å². The molecule has 0 atom stereocenters. The highest BCUT2D eigenvalue weighted by Crippen LogP contribution is 2.35. The maximum absolute atomic E-state index is 14.7. The first-order valence-corrected chi connectivity index (χ1v) is 13.4. The van der Waals surface area contributed by atoms with Crippen molar-refractivity contribution < 1.29 is 17.6 Å². The zero-order valence-corrected chi connectivity index (χ0v) is 21.5. The molecule has 0 aromatic heterocycles. The quantitative estimate of drug-likeness (QED) is 0.196. The van der Waals surface area contributed by atoms with Crippen LogP contribution in [0.15, 0.2) is 48.5 Å². The van der Waals surface area contributed by atoms with E-state index in [1.54, 1.807) is 0 Å². The predicted octanol–water partition coefficient (Wildman–Crippen LogP) is 9.89. The Morgan fingerprint density at radius 3 is 1.56 bits per heavy atom. The lowest BCUT2D eigenvalue weighted by Gasteiger charge is -2.28. The average Bonchev–Trinajstić information content (AvgIpc) is 2.86. The molecule has 0 heterocycles. The minimum atomic E-state index is -1.05. The summed E-state index contributed by atoms with van der Waals surface area (Å²) in [6, 6.07) is 13.3. The van der Waals surface area contributed by atoms with Gasteiger partial charge in [-0.25, -0.2) is 17.6 Å². The second-order valence-corrected chi connectivity index (χ2v) is 10.6. The number of benzene rings is 3. The largest absolute Gasteiger partial charge is 0.206 e. The van der Waals surface area contributed by atoms with Crippen LogP contribution in [0.1, 0.15) is 68.6 Å². The summed E-state index contributed by atoms with van der Waals surface area (Å²) in [6.45, 7) is 2.20. The number of rotatable bonds is 9. The van der Waals surface area contributed by atoms with E-state index < -0.39 is 33.9 Å². The first kappa shape index (κ1) is 26.7. The Morgan fingerprint density at radius 1 is 0.639 bits per heavy atom. The van der Waals surface area contributed by atoms with Gasteiger partial charge in [-0.2, -0.15) is 0 Å². The Morgan fingerprint density at radius 2 is 1.08 bits per heavy atom. The zero-order valence-electron chi connectivity index (χ0n) is 20.7. The first-order valence-electron chi connectivity index (χ1n) is 13.0. The molecule has 0 saturated heterocycles. The molecule has 3 aromatic carbocycles. The number of aryl methyl sites for hydroxylation is 3. The summed E-state index contributed by atoms with van der Waals surface area (Å²) in [5.74, 6) is -2.44. The van der Waals surface area contributed by atoms with Crippen LogP contribution in [-0.4, -0.2) is 0 Å². The van der Waals surface area contributed by atoms with Crippen LogP contribution in [-0.2, 0) is 19.3 Å². The second-order valence-electron chi connectivity index (χ2n) is 10.2. The fourth-order valence-electron chi connectivity index (χ4n) is 5.46. The highest BCUT2D eigenvalue weighted by atomic mass is 35.5. The molecule has 1 fully saturated rings. The minimum Gasteiger partial charge on any atom is -0.206 e. The standard InChI is InChI=1S/C31H33ClF4/c1-2-3-20-4-6-21(7-5-20)8-9-22-10-12-23(13-11-22)14-15-24-16-26(33)30(27(34)17-24)25-18-28(35)31(32)29(36)19-25/h4-7,16-19,22-23H,2-3,8-15H2,1H3/t22-,23-. The maximum Gasteiger partial charge on any atom is 0.145 e. The van der Waals surface area contributed by atoms with Crippen molar-refractivity contribution in [1.29, 1.82) is 0 Å². The summed E-state index contributed by atoms with van der Waals surface area (Å²) in [7, 11) is 0. The van der Waals surface area contributed by atoms with Crippen LogP contribution < -0.4 is 0 Å². The van der Waals surface area contributed by atoms with Gasteiger partial charge in [0.1, 0.15) is 28.3 Å². The maximum atomic E-state index is 14.7. The number of halogens is 5. The Bertz CT molecular complexity index is 1120. The fourth-order valence-corrected chi connectivity index (χ4v) is 5.57. The van der Waals surface area contributed by atoms with E-state index in [-0.39, 0.29) is 5.56 Å². The van der Waals surface area contributed by atoms with Crippen LogP contribution in [0.2, 0.25) is 5.02 Å². The van der Waals surface area contributed by atoms with Crippen LogP contribution in [0.3, 0.4) is 0 Å². The molecule has 192 valence electrons. The van der Waals surface area contributed by atoms with Crippen molar-refractivity contribution in [3.05, 3.63) is 93.5 Å². The van der Waals surface area contributed by atoms with Gasteiger partial charge in [0.25, 0.3) is 0 Å². The molecule has 0 spiro atoms. The molecule has 0 amide bonds. The molecule has 4 rings (SSSR count). The minimum absolute atomic E-state index is 0.203. The summed E-state index contributed by atoms with van der Waals surface area (Å²) < 4.78 is 57.1.